The van der Waals surface area contributed by atoms with Crippen LogP contribution in [0.3, 0.4) is 0 Å². The molecule has 0 saturated heterocycles. The third-order valence-corrected chi connectivity index (χ3v) is 6.45. The summed E-state index contributed by atoms with van der Waals surface area (Å²) in [5, 5.41) is 19.3. The third kappa shape index (κ3) is 6.54. The molecule has 0 aliphatic carbocycles. The molecule has 0 radical (unpaired) electrons. The van der Waals surface area contributed by atoms with Crippen molar-refractivity contribution in [3.63, 3.8) is 0 Å². The van der Waals surface area contributed by atoms with Crippen LogP contribution in [-0.2, 0) is 10.2 Å². The summed E-state index contributed by atoms with van der Waals surface area (Å²) in [6.45, 7) is 7.06. The van der Waals surface area contributed by atoms with Gasteiger partial charge in [-0.3, -0.25) is 19.7 Å². The van der Waals surface area contributed by atoms with Gasteiger partial charge in [0.15, 0.2) is 6.61 Å². The molecule has 0 spiro atoms. The monoisotopic (exact) mass is 625 g/mol. The minimum Gasteiger partial charge on any atom is -0.476 e. The number of halogens is 2. The lowest BCUT2D eigenvalue weighted by Crippen LogP contribution is -2.29. The fourth-order valence-corrected chi connectivity index (χ4v) is 4.40. The first kappa shape index (κ1) is 28.9. The number of rotatable bonds is 7. The smallest absolute Gasteiger partial charge is 0.313 e. The molecule has 0 aliphatic rings. The Kier molecular flexibility index (Phi) is 8.36. The number of aryl methyl sites for hydroxylation is 1. The van der Waals surface area contributed by atoms with Crippen molar-refractivity contribution < 1.29 is 14.5 Å². The lowest BCUT2D eigenvalue weighted by Gasteiger charge is -2.21. The van der Waals surface area contributed by atoms with Crippen LogP contribution in [0.4, 0.5) is 11.4 Å². The molecule has 206 valence electrons. The van der Waals surface area contributed by atoms with E-state index in [2.05, 4.69) is 31.3 Å². The fraction of sp³-hybridized carbons (Fsp3) is 0.214. The SMILES string of the molecule is Cc1ccc(NC(=O)COc2c(C=Nn3c(C(C)(C)C)nc4ccc(Br)cc4c3=O)cc(Cl)cc2[N+](=O)[O-])cc1. The molecular weight excluding hydrogens is 602 g/mol. The first-order valence-electron chi connectivity index (χ1n) is 12.1. The maximum absolute atomic E-state index is 13.5. The van der Waals surface area contributed by atoms with Crippen molar-refractivity contribution in [1.29, 1.82) is 0 Å². The molecule has 4 aromatic rings. The van der Waals surface area contributed by atoms with E-state index in [1.54, 1.807) is 30.3 Å². The molecule has 0 saturated carbocycles. The molecule has 3 aromatic carbocycles. The van der Waals surface area contributed by atoms with E-state index < -0.39 is 34.1 Å². The van der Waals surface area contributed by atoms with Crippen molar-refractivity contribution in [3.8, 4) is 5.75 Å². The number of nitrogens with one attached hydrogen (secondary N) is 1. The van der Waals surface area contributed by atoms with E-state index in [9.17, 15) is 19.7 Å². The number of nitrogens with zero attached hydrogens (tertiary/aromatic N) is 4. The number of nitro groups is 1. The van der Waals surface area contributed by atoms with Crippen LogP contribution in [0, 0.1) is 17.0 Å². The third-order valence-electron chi connectivity index (χ3n) is 5.73. The van der Waals surface area contributed by atoms with E-state index in [0.717, 1.165) is 16.3 Å². The topological polar surface area (TPSA) is 129 Å². The Morgan fingerprint density at radius 3 is 2.55 bits per heavy atom. The van der Waals surface area contributed by atoms with Gasteiger partial charge in [0.1, 0.15) is 5.82 Å². The Morgan fingerprint density at radius 1 is 1.20 bits per heavy atom. The largest absolute Gasteiger partial charge is 0.476 e. The molecule has 0 fully saturated rings. The van der Waals surface area contributed by atoms with Gasteiger partial charge in [0.25, 0.3) is 11.5 Å². The van der Waals surface area contributed by atoms with Gasteiger partial charge in [0, 0.05) is 32.2 Å². The molecule has 0 bridgehead atoms. The summed E-state index contributed by atoms with van der Waals surface area (Å²) in [4.78, 5) is 41.8. The zero-order chi connectivity index (χ0) is 29.2. The first-order valence-corrected chi connectivity index (χ1v) is 13.2. The highest BCUT2D eigenvalue weighted by molar-refractivity contribution is 9.10. The highest BCUT2D eigenvalue weighted by Gasteiger charge is 2.24. The second-order valence-corrected chi connectivity index (χ2v) is 11.4. The Bertz CT molecular complexity index is 1710. The van der Waals surface area contributed by atoms with Crippen LogP contribution in [0.5, 0.6) is 5.75 Å². The lowest BCUT2D eigenvalue weighted by molar-refractivity contribution is -0.385. The number of ether oxygens (including phenoxy) is 1. The average Bonchev–Trinajstić information content (AvgIpc) is 2.88. The number of aromatic nitrogens is 2. The highest BCUT2D eigenvalue weighted by Crippen LogP contribution is 2.34. The maximum Gasteiger partial charge on any atom is 0.313 e. The van der Waals surface area contributed by atoms with E-state index in [-0.39, 0.29) is 16.3 Å². The molecular formula is C28H25BrClN5O5. The van der Waals surface area contributed by atoms with Crippen LogP contribution in [-0.4, -0.2) is 33.3 Å². The van der Waals surface area contributed by atoms with Gasteiger partial charge in [-0.2, -0.15) is 9.78 Å². The van der Waals surface area contributed by atoms with E-state index in [1.165, 1.54) is 12.3 Å². The van der Waals surface area contributed by atoms with Crippen molar-refractivity contribution in [1.82, 2.24) is 9.66 Å². The summed E-state index contributed by atoms with van der Waals surface area (Å²) in [6, 6.07) is 14.8. The van der Waals surface area contributed by atoms with Crippen molar-refractivity contribution in [2.24, 2.45) is 5.10 Å². The second kappa shape index (κ2) is 11.6. The number of benzene rings is 3. The average molecular weight is 627 g/mol. The summed E-state index contributed by atoms with van der Waals surface area (Å²) in [5.74, 6) is -0.370. The van der Waals surface area contributed by atoms with E-state index >= 15 is 0 Å². The van der Waals surface area contributed by atoms with Gasteiger partial charge in [-0.05, 0) is 43.3 Å². The zero-order valence-corrected chi connectivity index (χ0v) is 24.4. The molecule has 12 heteroatoms. The predicted molar refractivity (Wildman–Crippen MR) is 159 cm³/mol. The predicted octanol–water partition coefficient (Wildman–Crippen LogP) is 6.23. The molecule has 4 rings (SSSR count). The van der Waals surface area contributed by atoms with Gasteiger partial charge >= 0.3 is 5.69 Å². The van der Waals surface area contributed by atoms with Gasteiger partial charge in [-0.1, -0.05) is 66.0 Å². The summed E-state index contributed by atoms with van der Waals surface area (Å²) < 4.78 is 7.48. The Hall–Kier alpha value is -4.09. The van der Waals surface area contributed by atoms with E-state index in [0.29, 0.717) is 26.9 Å². The number of fused-ring (bicyclic) bond motifs is 1. The van der Waals surface area contributed by atoms with Crippen LogP contribution in [0.15, 0.2) is 69.0 Å². The van der Waals surface area contributed by atoms with Gasteiger partial charge in [0.2, 0.25) is 5.75 Å². The number of nitro benzene ring substituents is 1. The second-order valence-electron chi connectivity index (χ2n) is 10.0. The van der Waals surface area contributed by atoms with E-state index in [1.807, 2.05) is 39.8 Å². The minimum atomic E-state index is -0.668. The molecule has 1 N–H and O–H groups in total. The van der Waals surface area contributed by atoms with Gasteiger partial charge < -0.3 is 10.1 Å². The number of carbonyl (C=O) groups is 1. The van der Waals surface area contributed by atoms with Crippen LogP contribution < -0.4 is 15.6 Å². The molecule has 10 nitrogen and oxygen atoms in total. The Morgan fingerprint density at radius 2 is 1.90 bits per heavy atom. The van der Waals surface area contributed by atoms with Crippen molar-refractivity contribution in [3.05, 3.63) is 102 Å². The molecule has 0 unspecified atom stereocenters. The number of carbonyl (C=O) groups excluding carboxylic acids is 1. The normalized spacial score (nSPS) is 11.7. The summed E-state index contributed by atoms with van der Waals surface area (Å²) in [7, 11) is 0. The van der Waals surface area contributed by atoms with E-state index in [4.69, 9.17) is 16.3 Å². The van der Waals surface area contributed by atoms with Gasteiger partial charge in [-0.15, -0.1) is 0 Å². The molecule has 40 heavy (non-hydrogen) atoms. The lowest BCUT2D eigenvalue weighted by atomic mass is 9.95. The quantitative estimate of drug-likeness (QED) is 0.147. The summed E-state index contributed by atoms with van der Waals surface area (Å²) in [6.07, 6.45) is 1.23. The van der Waals surface area contributed by atoms with Gasteiger partial charge in [-0.25, -0.2) is 4.98 Å². The number of amides is 1. The fourth-order valence-electron chi connectivity index (χ4n) is 3.82. The van der Waals surface area contributed by atoms with Crippen molar-refractivity contribution in [2.45, 2.75) is 33.1 Å². The molecule has 0 aliphatic heterocycles. The molecule has 1 heterocycles. The number of hydrogen-bond donors (Lipinski definition) is 1. The number of hydrogen-bond acceptors (Lipinski definition) is 7. The van der Waals surface area contributed by atoms with Gasteiger partial charge in [0.05, 0.1) is 22.0 Å². The highest BCUT2D eigenvalue weighted by atomic mass is 79.9. The van der Waals surface area contributed by atoms with Crippen molar-refractivity contribution in [2.75, 3.05) is 11.9 Å². The maximum atomic E-state index is 13.5. The first-order chi connectivity index (χ1) is 18.8. The summed E-state index contributed by atoms with van der Waals surface area (Å²) in [5.41, 5.74) is 0.722. The Balaban J connectivity index is 1.75. The standard InChI is InChI=1S/C28H25BrClN5O5/c1-16-5-8-20(9-6-16)32-24(36)15-40-25-17(11-19(30)13-23(25)35(38)39)14-31-34-26(37)21-12-18(29)7-10-22(21)33-27(34)28(2,3)4/h5-14H,15H2,1-4H3,(H,32,36). The zero-order valence-electron chi connectivity index (χ0n) is 22.1. The Labute approximate surface area is 242 Å². The van der Waals surface area contributed by atoms with Crippen LogP contribution >= 0.6 is 27.5 Å². The van der Waals surface area contributed by atoms with Crippen LogP contribution in [0.25, 0.3) is 10.9 Å². The number of anilines is 1. The molecule has 0 atom stereocenters. The molecule has 1 amide bonds. The van der Waals surface area contributed by atoms with Crippen LogP contribution in [0.2, 0.25) is 5.02 Å². The van der Waals surface area contributed by atoms with Crippen molar-refractivity contribution >= 4 is 61.9 Å². The minimum absolute atomic E-state index is 0.0496. The van der Waals surface area contributed by atoms with Crippen LogP contribution in [0.1, 0.15) is 37.7 Å². The molecule has 1 aromatic heterocycles. The summed E-state index contributed by atoms with van der Waals surface area (Å²) >= 11 is 9.55.